The van der Waals surface area contributed by atoms with Gasteiger partial charge in [0.05, 0.1) is 17.6 Å². The molecule has 0 radical (unpaired) electrons. The zero-order chi connectivity index (χ0) is 14.1. The number of ether oxygens (including phenoxy) is 1. The van der Waals surface area contributed by atoms with Crippen molar-refractivity contribution in [2.75, 3.05) is 12.9 Å². The predicted molar refractivity (Wildman–Crippen MR) is 90.9 cm³/mol. The summed E-state index contributed by atoms with van der Waals surface area (Å²) >= 11 is 7.40. The highest BCUT2D eigenvalue weighted by atomic mass is 79.9. The minimum Gasteiger partial charge on any atom is -0.496 e. The SMILES string of the molecule is COc1ccc(C(N)c2cc3c(s2)CCSC3)cc1Br. The Bertz CT molecular complexity index is 603. The summed E-state index contributed by atoms with van der Waals surface area (Å²) in [4.78, 5) is 2.77. The van der Waals surface area contributed by atoms with Crippen LogP contribution in [-0.2, 0) is 12.2 Å². The number of thiophene rings is 1. The van der Waals surface area contributed by atoms with Gasteiger partial charge in [0.25, 0.3) is 0 Å². The summed E-state index contributed by atoms with van der Waals surface area (Å²) in [6, 6.07) is 8.29. The topological polar surface area (TPSA) is 35.2 Å². The molecular formula is C15H16BrNOS2. The van der Waals surface area contributed by atoms with Crippen molar-refractivity contribution in [3.8, 4) is 5.75 Å². The van der Waals surface area contributed by atoms with E-state index in [0.29, 0.717) is 0 Å². The van der Waals surface area contributed by atoms with Crippen LogP contribution in [0.4, 0.5) is 0 Å². The molecule has 0 spiro atoms. The molecule has 1 aromatic heterocycles. The van der Waals surface area contributed by atoms with Crippen LogP contribution in [0, 0.1) is 0 Å². The van der Waals surface area contributed by atoms with Crippen molar-refractivity contribution in [1.29, 1.82) is 0 Å². The third kappa shape index (κ3) is 2.77. The minimum absolute atomic E-state index is 0.0576. The molecule has 2 nitrogen and oxygen atoms in total. The van der Waals surface area contributed by atoms with Gasteiger partial charge >= 0.3 is 0 Å². The van der Waals surface area contributed by atoms with E-state index in [-0.39, 0.29) is 6.04 Å². The van der Waals surface area contributed by atoms with Crippen LogP contribution in [0.1, 0.15) is 26.9 Å². The lowest BCUT2D eigenvalue weighted by Gasteiger charge is -2.12. The second kappa shape index (κ2) is 6.10. The molecule has 1 aromatic carbocycles. The van der Waals surface area contributed by atoms with E-state index in [0.717, 1.165) is 21.5 Å². The van der Waals surface area contributed by atoms with E-state index in [1.807, 2.05) is 35.2 Å². The Hall–Kier alpha value is -0.490. The number of halogens is 1. The monoisotopic (exact) mass is 369 g/mol. The normalized spacial score (nSPS) is 15.8. The van der Waals surface area contributed by atoms with Crippen LogP contribution in [0.15, 0.2) is 28.7 Å². The highest BCUT2D eigenvalue weighted by Gasteiger charge is 2.18. The zero-order valence-corrected chi connectivity index (χ0v) is 14.4. The maximum atomic E-state index is 6.43. The quantitative estimate of drug-likeness (QED) is 0.872. The summed E-state index contributed by atoms with van der Waals surface area (Å²) in [6.07, 6.45) is 1.18. The van der Waals surface area contributed by atoms with Crippen molar-refractivity contribution in [3.63, 3.8) is 0 Å². The molecule has 1 aliphatic heterocycles. The Balaban J connectivity index is 1.90. The molecule has 1 aliphatic rings. The molecule has 3 rings (SSSR count). The number of hydrogen-bond donors (Lipinski definition) is 1. The van der Waals surface area contributed by atoms with Crippen molar-refractivity contribution < 1.29 is 4.74 Å². The molecule has 0 amide bonds. The summed E-state index contributed by atoms with van der Waals surface area (Å²) in [5, 5.41) is 0. The number of hydrogen-bond acceptors (Lipinski definition) is 4. The van der Waals surface area contributed by atoms with Gasteiger partial charge in [0.1, 0.15) is 5.75 Å². The smallest absolute Gasteiger partial charge is 0.133 e. The molecule has 20 heavy (non-hydrogen) atoms. The van der Waals surface area contributed by atoms with E-state index in [2.05, 4.69) is 28.1 Å². The highest BCUT2D eigenvalue weighted by molar-refractivity contribution is 9.10. The zero-order valence-electron chi connectivity index (χ0n) is 11.2. The molecule has 0 saturated heterocycles. The van der Waals surface area contributed by atoms with Gasteiger partial charge in [0.15, 0.2) is 0 Å². The first kappa shape index (κ1) is 14.4. The first-order valence-corrected chi connectivity index (χ1v) is 9.23. The van der Waals surface area contributed by atoms with Crippen LogP contribution in [0.3, 0.4) is 0 Å². The largest absolute Gasteiger partial charge is 0.496 e. The molecule has 106 valence electrons. The molecule has 0 fully saturated rings. The summed E-state index contributed by atoms with van der Waals surface area (Å²) in [5.41, 5.74) is 9.02. The third-order valence-electron chi connectivity index (χ3n) is 3.49. The Morgan fingerprint density at radius 2 is 2.20 bits per heavy atom. The van der Waals surface area contributed by atoms with Crippen LogP contribution < -0.4 is 10.5 Å². The molecule has 1 unspecified atom stereocenters. The van der Waals surface area contributed by atoms with Gasteiger partial charge in [-0.2, -0.15) is 11.8 Å². The number of nitrogens with two attached hydrogens (primary N) is 1. The van der Waals surface area contributed by atoms with Gasteiger partial charge < -0.3 is 10.5 Å². The number of aryl methyl sites for hydroxylation is 1. The van der Waals surface area contributed by atoms with E-state index in [9.17, 15) is 0 Å². The average molecular weight is 370 g/mol. The Morgan fingerprint density at radius 3 is 2.90 bits per heavy atom. The Labute approximate surface area is 135 Å². The van der Waals surface area contributed by atoms with E-state index in [1.54, 1.807) is 7.11 Å². The standard InChI is InChI=1S/C15H16BrNOS2/c1-18-12-3-2-9(6-11(12)16)15(17)14-7-10-8-19-5-4-13(10)20-14/h2-3,6-7,15H,4-5,8,17H2,1H3. The highest BCUT2D eigenvalue weighted by Crippen LogP contribution is 2.37. The average Bonchev–Trinajstić information content (AvgIpc) is 2.90. The minimum atomic E-state index is -0.0576. The lowest BCUT2D eigenvalue weighted by molar-refractivity contribution is 0.412. The molecule has 2 heterocycles. The maximum absolute atomic E-state index is 6.43. The lowest BCUT2D eigenvalue weighted by atomic mass is 10.1. The van der Waals surface area contributed by atoms with E-state index >= 15 is 0 Å². The molecule has 0 aliphatic carbocycles. The summed E-state index contributed by atoms with van der Waals surface area (Å²) < 4.78 is 6.21. The number of rotatable bonds is 3. The van der Waals surface area contributed by atoms with Crippen molar-refractivity contribution in [2.24, 2.45) is 5.73 Å². The van der Waals surface area contributed by atoms with Gasteiger partial charge in [-0.25, -0.2) is 0 Å². The van der Waals surface area contributed by atoms with Crippen LogP contribution in [0.2, 0.25) is 0 Å². The Morgan fingerprint density at radius 1 is 1.35 bits per heavy atom. The van der Waals surface area contributed by atoms with Gasteiger partial charge in [-0.3, -0.25) is 0 Å². The van der Waals surface area contributed by atoms with E-state index < -0.39 is 0 Å². The summed E-state index contributed by atoms with van der Waals surface area (Å²) in [5.74, 6) is 3.20. The fraction of sp³-hybridized carbons (Fsp3) is 0.333. The van der Waals surface area contributed by atoms with Crippen LogP contribution in [0.5, 0.6) is 5.75 Å². The van der Waals surface area contributed by atoms with Gasteiger partial charge in [-0.1, -0.05) is 6.07 Å². The number of thioether (sulfide) groups is 1. The Kier molecular flexibility index (Phi) is 4.40. The number of benzene rings is 1. The first-order valence-electron chi connectivity index (χ1n) is 6.47. The van der Waals surface area contributed by atoms with Crippen molar-refractivity contribution in [3.05, 3.63) is 49.6 Å². The maximum Gasteiger partial charge on any atom is 0.133 e. The van der Waals surface area contributed by atoms with Crippen LogP contribution in [0.25, 0.3) is 0 Å². The van der Waals surface area contributed by atoms with E-state index in [1.165, 1.54) is 27.5 Å². The predicted octanol–water partition coefficient (Wildman–Crippen LogP) is 4.36. The van der Waals surface area contributed by atoms with Gasteiger partial charge in [0, 0.05) is 15.5 Å². The van der Waals surface area contributed by atoms with Gasteiger partial charge in [-0.15, -0.1) is 11.3 Å². The molecule has 2 aromatic rings. The van der Waals surface area contributed by atoms with Crippen molar-refractivity contribution in [2.45, 2.75) is 18.2 Å². The fourth-order valence-corrected chi connectivity index (χ4v) is 5.33. The van der Waals surface area contributed by atoms with E-state index in [4.69, 9.17) is 10.5 Å². The lowest BCUT2D eigenvalue weighted by Crippen LogP contribution is -2.10. The second-order valence-electron chi connectivity index (χ2n) is 4.77. The fourth-order valence-electron chi connectivity index (χ4n) is 2.36. The molecule has 0 saturated carbocycles. The van der Waals surface area contributed by atoms with Gasteiger partial charge in [-0.05, 0) is 57.4 Å². The molecule has 2 N–H and O–H groups in total. The summed E-state index contributed by atoms with van der Waals surface area (Å²) in [7, 11) is 1.67. The van der Waals surface area contributed by atoms with Crippen LogP contribution in [-0.4, -0.2) is 12.9 Å². The molecule has 0 bridgehead atoms. The third-order valence-corrected chi connectivity index (χ3v) is 6.44. The molecular weight excluding hydrogens is 354 g/mol. The molecule has 1 atom stereocenters. The second-order valence-corrected chi connectivity index (χ2v) is 7.90. The van der Waals surface area contributed by atoms with Crippen molar-refractivity contribution >= 4 is 39.0 Å². The van der Waals surface area contributed by atoms with Crippen LogP contribution >= 0.6 is 39.0 Å². The molecule has 5 heteroatoms. The first-order chi connectivity index (χ1) is 9.69. The number of fused-ring (bicyclic) bond motifs is 1. The number of methoxy groups -OCH3 is 1. The summed E-state index contributed by atoms with van der Waals surface area (Å²) in [6.45, 7) is 0. The van der Waals surface area contributed by atoms with Crippen molar-refractivity contribution in [1.82, 2.24) is 0 Å². The van der Waals surface area contributed by atoms with Gasteiger partial charge in [0.2, 0.25) is 0 Å².